The fourth-order valence-corrected chi connectivity index (χ4v) is 2.42. The van der Waals surface area contributed by atoms with Crippen molar-refractivity contribution in [3.8, 4) is 0 Å². The third-order valence-electron chi connectivity index (χ3n) is 3.39. The van der Waals surface area contributed by atoms with E-state index < -0.39 is 18.4 Å². The van der Waals surface area contributed by atoms with E-state index in [1.54, 1.807) is 4.90 Å². The van der Waals surface area contributed by atoms with Gasteiger partial charge in [-0.25, -0.2) is 9.18 Å². The molecule has 1 fully saturated rings. The van der Waals surface area contributed by atoms with Crippen molar-refractivity contribution in [3.63, 3.8) is 0 Å². The van der Waals surface area contributed by atoms with Crippen LogP contribution >= 0.6 is 0 Å². The molecule has 1 aliphatic heterocycles. The summed E-state index contributed by atoms with van der Waals surface area (Å²) in [6, 6.07) is 9.27. The summed E-state index contributed by atoms with van der Waals surface area (Å²) in [6.07, 6.45) is -0.392. The van der Waals surface area contributed by atoms with Crippen molar-refractivity contribution in [1.82, 2.24) is 10.2 Å². The van der Waals surface area contributed by atoms with E-state index in [0.717, 1.165) is 5.56 Å². The first kappa shape index (κ1) is 15.8. The van der Waals surface area contributed by atoms with E-state index in [4.69, 9.17) is 4.74 Å². The number of rotatable bonds is 2. The summed E-state index contributed by atoms with van der Waals surface area (Å²) in [7, 11) is 0. The molecular weight excluding hydrogens is 271 g/mol. The zero-order chi connectivity index (χ0) is 15.5. The number of piperazine rings is 1. The third kappa shape index (κ3) is 4.17. The van der Waals surface area contributed by atoms with Gasteiger partial charge in [0.1, 0.15) is 12.3 Å². The van der Waals surface area contributed by atoms with Crippen LogP contribution in [0, 0.1) is 0 Å². The number of amides is 1. The minimum atomic E-state index is -0.561. The molecule has 1 saturated heterocycles. The lowest BCUT2D eigenvalue weighted by Crippen LogP contribution is -2.55. The van der Waals surface area contributed by atoms with E-state index in [9.17, 15) is 9.18 Å². The molecule has 0 spiro atoms. The summed E-state index contributed by atoms with van der Waals surface area (Å²) >= 11 is 0. The Kier molecular flexibility index (Phi) is 4.83. The second kappa shape index (κ2) is 6.43. The van der Waals surface area contributed by atoms with E-state index in [0.29, 0.717) is 13.1 Å². The van der Waals surface area contributed by atoms with E-state index in [2.05, 4.69) is 5.32 Å². The highest BCUT2D eigenvalue weighted by Crippen LogP contribution is 2.25. The lowest BCUT2D eigenvalue weighted by atomic mass is 10.0. The molecule has 0 radical (unpaired) electrons. The maximum atomic E-state index is 12.9. The van der Waals surface area contributed by atoms with Crippen molar-refractivity contribution in [1.29, 1.82) is 0 Å². The predicted molar refractivity (Wildman–Crippen MR) is 79.9 cm³/mol. The average molecular weight is 294 g/mol. The lowest BCUT2D eigenvalue weighted by Gasteiger charge is -2.40. The SMILES string of the molecule is CC(C)(C)OC(=O)N1CC(CF)NCC1c1ccccc1. The van der Waals surface area contributed by atoms with Crippen molar-refractivity contribution in [2.45, 2.75) is 38.5 Å². The van der Waals surface area contributed by atoms with Gasteiger partial charge in [-0.1, -0.05) is 30.3 Å². The van der Waals surface area contributed by atoms with Crippen LogP contribution in [0.5, 0.6) is 0 Å². The number of carbonyl (C=O) groups is 1. The number of alkyl halides is 1. The van der Waals surface area contributed by atoms with Gasteiger partial charge in [0, 0.05) is 13.1 Å². The van der Waals surface area contributed by atoms with Crippen molar-refractivity contribution >= 4 is 6.09 Å². The molecule has 0 aromatic heterocycles. The predicted octanol–water partition coefficient (Wildman–Crippen LogP) is 2.91. The number of hydrogen-bond acceptors (Lipinski definition) is 3. The molecule has 1 heterocycles. The molecule has 2 unspecified atom stereocenters. The average Bonchev–Trinajstić information content (AvgIpc) is 2.45. The van der Waals surface area contributed by atoms with Gasteiger partial charge in [-0.2, -0.15) is 0 Å². The molecule has 21 heavy (non-hydrogen) atoms. The van der Waals surface area contributed by atoms with Crippen LogP contribution in [-0.2, 0) is 4.74 Å². The van der Waals surface area contributed by atoms with Crippen LogP contribution in [-0.4, -0.2) is 42.4 Å². The second-order valence-electron chi connectivity index (χ2n) is 6.32. The maximum Gasteiger partial charge on any atom is 0.410 e. The van der Waals surface area contributed by atoms with Crippen LogP contribution in [0.15, 0.2) is 30.3 Å². The van der Waals surface area contributed by atoms with Gasteiger partial charge in [0.05, 0.1) is 12.1 Å². The Hall–Kier alpha value is -1.62. The molecular formula is C16H23FN2O2. The van der Waals surface area contributed by atoms with Crippen LogP contribution in [0.1, 0.15) is 32.4 Å². The normalized spacial score (nSPS) is 23.0. The minimum absolute atomic E-state index is 0.135. The monoisotopic (exact) mass is 294 g/mol. The molecule has 116 valence electrons. The highest BCUT2D eigenvalue weighted by atomic mass is 19.1. The fourth-order valence-electron chi connectivity index (χ4n) is 2.42. The number of hydrogen-bond donors (Lipinski definition) is 1. The number of benzene rings is 1. The van der Waals surface area contributed by atoms with Gasteiger partial charge in [-0.15, -0.1) is 0 Å². The highest BCUT2D eigenvalue weighted by Gasteiger charge is 2.34. The summed E-state index contributed by atoms with van der Waals surface area (Å²) in [4.78, 5) is 14.0. The molecule has 1 aromatic carbocycles. The molecule has 2 atom stereocenters. The Morgan fingerprint density at radius 1 is 1.38 bits per heavy atom. The second-order valence-corrected chi connectivity index (χ2v) is 6.32. The molecule has 2 rings (SSSR count). The highest BCUT2D eigenvalue weighted by molar-refractivity contribution is 5.69. The topological polar surface area (TPSA) is 41.6 Å². The fraction of sp³-hybridized carbons (Fsp3) is 0.562. The van der Waals surface area contributed by atoms with Gasteiger partial charge < -0.3 is 10.1 Å². The molecule has 1 amide bonds. The first-order valence-electron chi connectivity index (χ1n) is 7.24. The van der Waals surface area contributed by atoms with Crippen LogP contribution < -0.4 is 5.32 Å². The number of carbonyl (C=O) groups excluding carboxylic acids is 1. The Balaban J connectivity index is 2.19. The zero-order valence-corrected chi connectivity index (χ0v) is 12.8. The first-order chi connectivity index (χ1) is 9.90. The molecule has 0 bridgehead atoms. The molecule has 1 aromatic rings. The Labute approximate surface area is 125 Å². The van der Waals surface area contributed by atoms with Crippen molar-refractivity contribution in [2.75, 3.05) is 19.8 Å². The van der Waals surface area contributed by atoms with E-state index >= 15 is 0 Å². The van der Waals surface area contributed by atoms with Gasteiger partial charge >= 0.3 is 6.09 Å². The summed E-state index contributed by atoms with van der Waals surface area (Å²) in [5, 5.41) is 3.14. The Morgan fingerprint density at radius 2 is 2.05 bits per heavy atom. The van der Waals surface area contributed by atoms with Crippen LogP contribution in [0.3, 0.4) is 0 Å². The van der Waals surface area contributed by atoms with Gasteiger partial charge in [-0.05, 0) is 26.3 Å². The van der Waals surface area contributed by atoms with E-state index in [1.165, 1.54) is 0 Å². The lowest BCUT2D eigenvalue weighted by molar-refractivity contribution is 0.00598. The first-order valence-corrected chi connectivity index (χ1v) is 7.24. The van der Waals surface area contributed by atoms with Crippen LogP contribution in [0.25, 0.3) is 0 Å². The van der Waals surface area contributed by atoms with Gasteiger partial charge in [0.15, 0.2) is 0 Å². The third-order valence-corrected chi connectivity index (χ3v) is 3.39. The van der Waals surface area contributed by atoms with E-state index in [1.807, 2.05) is 51.1 Å². The van der Waals surface area contributed by atoms with Crippen LogP contribution in [0.4, 0.5) is 9.18 Å². The van der Waals surface area contributed by atoms with Gasteiger partial charge in [0.2, 0.25) is 0 Å². The quantitative estimate of drug-likeness (QED) is 0.912. The van der Waals surface area contributed by atoms with Crippen molar-refractivity contribution in [2.24, 2.45) is 0 Å². The molecule has 5 heteroatoms. The number of nitrogens with zero attached hydrogens (tertiary/aromatic N) is 1. The number of halogens is 1. The molecule has 0 aliphatic carbocycles. The summed E-state index contributed by atoms with van der Waals surface area (Å²) < 4.78 is 18.4. The zero-order valence-electron chi connectivity index (χ0n) is 12.8. The summed E-state index contributed by atoms with van der Waals surface area (Å²) in [5.74, 6) is 0. The largest absolute Gasteiger partial charge is 0.444 e. The maximum absolute atomic E-state index is 12.9. The van der Waals surface area contributed by atoms with Crippen molar-refractivity contribution in [3.05, 3.63) is 35.9 Å². The Bertz CT molecular complexity index is 473. The van der Waals surface area contributed by atoms with Gasteiger partial charge in [-0.3, -0.25) is 4.90 Å². The van der Waals surface area contributed by atoms with E-state index in [-0.39, 0.29) is 12.1 Å². The van der Waals surface area contributed by atoms with Gasteiger partial charge in [0.25, 0.3) is 0 Å². The molecule has 4 nitrogen and oxygen atoms in total. The molecule has 1 N–H and O–H groups in total. The number of ether oxygens (including phenoxy) is 1. The minimum Gasteiger partial charge on any atom is -0.444 e. The summed E-state index contributed by atoms with van der Waals surface area (Å²) in [6.45, 7) is 5.83. The molecule has 0 saturated carbocycles. The smallest absolute Gasteiger partial charge is 0.410 e. The standard InChI is InChI=1S/C16H23FN2O2/c1-16(2,3)21-15(20)19-11-13(9-17)18-10-14(19)12-7-5-4-6-8-12/h4-8,13-14,18H,9-11H2,1-3H3. The summed E-state index contributed by atoms with van der Waals surface area (Å²) in [5.41, 5.74) is 0.460. The van der Waals surface area contributed by atoms with Crippen LogP contribution in [0.2, 0.25) is 0 Å². The number of nitrogens with one attached hydrogen (secondary N) is 1. The van der Waals surface area contributed by atoms with Crippen molar-refractivity contribution < 1.29 is 13.9 Å². The molecule has 1 aliphatic rings. The Morgan fingerprint density at radius 3 is 2.62 bits per heavy atom.